The Kier molecular flexibility index (Phi) is 6.34. The fraction of sp³-hybridized carbons (Fsp3) is 0.231. The van der Waals surface area contributed by atoms with E-state index in [2.05, 4.69) is 26.2 Å². The van der Waals surface area contributed by atoms with Gasteiger partial charge in [0.1, 0.15) is 11.5 Å². The zero-order valence-electron chi connectivity index (χ0n) is 18.7. The molecule has 1 saturated heterocycles. The molecule has 0 radical (unpaired) electrons. The lowest BCUT2D eigenvalue weighted by molar-refractivity contribution is -0.130. The van der Waals surface area contributed by atoms with Gasteiger partial charge in [0.05, 0.1) is 5.56 Å². The molecule has 5 rings (SSSR count). The number of rotatable bonds is 4. The molecule has 0 aliphatic carbocycles. The van der Waals surface area contributed by atoms with Gasteiger partial charge in [-0.15, -0.1) is 0 Å². The van der Waals surface area contributed by atoms with Gasteiger partial charge in [-0.1, -0.05) is 18.2 Å². The number of hydrogen-bond donors (Lipinski definition) is 1. The first-order chi connectivity index (χ1) is 16.9. The van der Waals surface area contributed by atoms with Gasteiger partial charge in [0, 0.05) is 54.2 Å². The fourth-order valence-corrected chi connectivity index (χ4v) is 5.20. The van der Waals surface area contributed by atoms with Gasteiger partial charge in [0.2, 0.25) is 0 Å². The van der Waals surface area contributed by atoms with E-state index in [4.69, 9.17) is 0 Å². The second-order valence-corrected chi connectivity index (χ2v) is 9.78. The van der Waals surface area contributed by atoms with Crippen LogP contribution in [0.5, 0.6) is 0 Å². The van der Waals surface area contributed by atoms with Crippen LogP contribution < -0.4 is 10.9 Å². The van der Waals surface area contributed by atoms with Crippen molar-refractivity contribution < 1.29 is 14.0 Å². The van der Waals surface area contributed by atoms with E-state index in [1.807, 2.05) is 6.07 Å². The number of amides is 2. The van der Waals surface area contributed by atoms with Crippen LogP contribution in [-0.4, -0.2) is 39.4 Å². The summed E-state index contributed by atoms with van der Waals surface area (Å²) in [4.78, 5) is 44.7. The van der Waals surface area contributed by atoms with Crippen LogP contribution in [0.25, 0.3) is 6.08 Å². The quantitative estimate of drug-likeness (QED) is 0.516. The summed E-state index contributed by atoms with van der Waals surface area (Å²) in [7, 11) is 0. The standard InChI is InChI=1S/C26H22BrFN4O3/c27-20-10-18(11-29-12-20)25(34)30-22(9-16-4-6-21(28)7-5-16)26(35)31-13-17-8-19(15-31)23-2-1-3-24(33)32(23)14-17/h1-7,9-12,17,19H,8,13-15H2,(H,30,34). The van der Waals surface area contributed by atoms with Crippen LogP contribution in [-0.2, 0) is 11.3 Å². The van der Waals surface area contributed by atoms with Gasteiger partial charge in [-0.2, -0.15) is 0 Å². The highest BCUT2D eigenvalue weighted by Crippen LogP contribution is 2.35. The van der Waals surface area contributed by atoms with Crippen LogP contribution in [0.15, 0.2) is 75.9 Å². The summed E-state index contributed by atoms with van der Waals surface area (Å²) in [5.74, 6) is -1.02. The molecule has 4 heterocycles. The lowest BCUT2D eigenvalue weighted by Crippen LogP contribution is -2.50. The highest BCUT2D eigenvalue weighted by Gasteiger charge is 2.37. The first-order valence-corrected chi connectivity index (χ1v) is 12.0. The van der Waals surface area contributed by atoms with Crippen LogP contribution in [0.1, 0.15) is 34.0 Å². The third kappa shape index (κ3) is 4.95. The Hall–Kier alpha value is -3.59. The Morgan fingerprint density at radius 1 is 1.09 bits per heavy atom. The monoisotopic (exact) mass is 536 g/mol. The highest BCUT2D eigenvalue weighted by atomic mass is 79.9. The first kappa shape index (κ1) is 23.2. The lowest BCUT2D eigenvalue weighted by Gasteiger charge is -2.43. The molecule has 7 nitrogen and oxygen atoms in total. The molecule has 1 aromatic carbocycles. The molecule has 35 heavy (non-hydrogen) atoms. The van der Waals surface area contributed by atoms with Crippen molar-refractivity contribution in [2.75, 3.05) is 13.1 Å². The second-order valence-electron chi connectivity index (χ2n) is 8.86. The van der Waals surface area contributed by atoms with Crippen LogP contribution >= 0.6 is 15.9 Å². The predicted molar refractivity (Wildman–Crippen MR) is 132 cm³/mol. The van der Waals surface area contributed by atoms with Crippen molar-refractivity contribution >= 4 is 33.8 Å². The smallest absolute Gasteiger partial charge is 0.270 e. The van der Waals surface area contributed by atoms with Crippen LogP contribution in [0.3, 0.4) is 0 Å². The summed E-state index contributed by atoms with van der Waals surface area (Å²) < 4.78 is 15.9. The maximum Gasteiger partial charge on any atom is 0.270 e. The summed E-state index contributed by atoms with van der Waals surface area (Å²) in [6.07, 6.45) is 5.43. The van der Waals surface area contributed by atoms with Crippen molar-refractivity contribution in [3.8, 4) is 0 Å². The minimum absolute atomic E-state index is 0.0243. The van der Waals surface area contributed by atoms with Gasteiger partial charge in [0.15, 0.2) is 0 Å². The third-order valence-corrected chi connectivity index (χ3v) is 6.83. The van der Waals surface area contributed by atoms with E-state index in [1.165, 1.54) is 18.3 Å². The zero-order chi connectivity index (χ0) is 24.5. The van der Waals surface area contributed by atoms with Crippen molar-refractivity contribution in [3.05, 3.63) is 104 Å². The zero-order valence-corrected chi connectivity index (χ0v) is 20.2. The number of piperidine rings is 1. The molecule has 2 bridgehead atoms. The average Bonchev–Trinajstić information content (AvgIpc) is 2.85. The predicted octanol–water partition coefficient (Wildman–Crippen LogP) is 3.56. The summed E-state index contributed by atoms with van der Waals surface area (Å²) in [5.41, 5.74) is 1.87. The SMILES string of the molecule is O=C(NC(=Cc1ccc(F)cc1)C(=O)N1CC2CC(C1)c1cccc(=O)n1C2)c1cncc(Br)c1. The number of likely N-dealkylation sites (tertiary alicyclic amines) is 1. The van der Waals surface area contributed by atoms with E-state index < -0.39 is 11.7 Å². The summed E-state index contributed by atoms with van der Waals surface area (Å²) in [5, 5.41) is 2.74. The molecule has 2 atom stereocenters. The average molecular weight is 537 g/mol. The Morgan fingerprint density at radius 2 is 1.89 bits per heavy atom. The Bertz CT molecular complexity index is 1390. The van der Waals surface area contributed by atoms with E-state index >= 15 is 0 Å². The number of carbonyl (C=O) groups is 2. The van der Waals surface area contributed by atoms with Crippen LogP contribution in [0.2, 0.25) is 0 Å². The molecular weight excluding hydrogens is 515 g/mol. The second kappa shape index (κ2) is 9.58. The normalized spacial score (nSPS) is 19.1. The molecule has 9 heteroatoms. The molecule has 0 saturated carbocycles. The largest absolute Gasteiger partial charge is 0.336 e. The molecule has 1 fully saturated rings. The van der Waals surface area contributed by atoms with E-state index in [0.717, 1.165) is 12.1 Å². The van der Waals surface area contributed by atoms with Crippen LogP contribution in [0, 0.1) is 11.7 Å². The number of hydrogen-bond acceptors (Lipinski definition) is 4. The number of benzene rings is 1. The topological polar surface area (TPSA) is 84.3 Å². The molecule has 2 amide bonds. The number of halogens is 2. The number of pyridine rings is 2. The number of carbonyl (C=O) groups excluding carboxylic acids is 2. The van der Waals surface area contributed by atoms with E-state index in [1.54, 1.807) is 52.1 Å². The van der Waals surface area contributed by atoms with Crippen molar-refractivity contribution in [2.45, 2.75) is 18.9 Å². The Balaban J connectivity index is 1.44. The third-order valence-electron chi connectivity index (χ3n) is 6.39. The molecule has 2 aliphatic heterocycles. The summed E-state index contributed by atoms with van der Waals surface area (Å²) in [6.45, 7) is 1.47. The molecule has 0 spiro atoms. The van der Waals surface area contributed by atoms with Crippen molar-refractivity contribution in [1.29, 1.82) is 0 Å². The van der Waals surface area contributed by atoms with Crippen LogP contribution in [0.4, 0.5) is 4.39 Å². The van der Waals surface area contributed by atoms with Crippen molar-refractivity contribution in [1.82, 2.24) is 19.8 Å². The molecule has 178 valence electrons. The van der Waals surface area contributed by atoms with E-state index in [9.17, 15) is 18.8 Å². The molecule has 3 aromatic rings. The molecule has 2 aliphatic rings. The Morgan fingerprint density at radius 3 is 2.66 bits per heavy atom. The number of fused-ring (bicyclic) bond motifs is 4. The lowest BCUT2D eigenvalue weighted by atomic mass is 9.83. The highest BCUT2D eigenvalue weighted by molar-refractivity contribution is 9.10. The number of nitrogens with zero attached hydrogens (tertiary/aromatic N) is 3. The van der Waals surface area contributed by atoms with Gasteiger partial charge < -0.3 is 14.8 Å². The molecule has 1 N–H and O–H groups in total. The van der Waals surface area contributed by atoms with E-state index in [0.29, 0.717) is 35.2 Å². The van der Waals surface area contributed by atoms with Crippen molar-refractivity contribution in [3.63, 3.8) is 0 Å². The maximum absolute atomic E-state index is 13.7. The molecule has 2 aromatic heterocycles. The molecule has 2 unspecified atom stereocenters. The van der Waals surface area contributed by atoms with Crippen molar-refractivity contribution in [2.24, 2.45) is 5.92 Å². The number of nitrogens with one attached hydrogen (secondary N) is 1. The van der Waals surface area contributed by atoms with Gasteiger partial charge >= 0.3 is 0 Å². The maximum atomic E-state index is 13.7. The van der Waals surface area contributed by atoms with Gasteiger partial charge in [-0.05, 0) is 64.2 Å². The van der Waals surface area contributed by atoms with Gasteiger partial charge in [-0.3, -0.25) is 19.4 Å². The fourth-order valence-electron chi connectivity index (χ4n) is 4.84. The minimum Gasteiger partial charge on any atom is -0.336 e. The van der Waals surface area contributed by atoms with Gasteiger partial charge in [0.25, 0.3) is 17.4 Å². The first-order valence-electron chi connectivity index (χ1n) is 11.3. The molecular formula is C26H22BrFN4O3. The Labute approximate surface area is 209 Å². The van der Waals surface area contributed by atoms with E-state index in [-0.39, 0.29) is 29.0 Å². The number of aromatic nitrogens is 2. The minimum atomic E-state index is -0.477. The summed E-state index contributed by atoms with van der Waals surface area (Å²) >= 11 is 3.30. The summed E-state index contributed by atoms with van der Waals surface area (Å²) in [6, 6.07) is 12.6. The van der Waals surface area contributed by atoms with Gasteiger partial charge in [-0.25, -0.2) is 4.39 Å².